The molecule has 6 atom stereocenters. The predicted molar refractivity (Wildman–Crippen MR) is 152 cm³/mol. The van der Waals surface area contributed by atoms with Gasteiger partial charge in [-0.2, -0.15) is 0 Å². The van der Waals surface area contributed by atoms with Crippen LogP contribution in [0.5, 0.6) is 5.75 Å². The highest BCUT2D eigenvalue weighted by atomic mass is 28.4. The Morgan fingerprint density at radius 2 is 1.39 bits per heavy atom. The van der Waals surface area contributed by atoms with Crippen LogP contribution in [0.25, 0.3) is 0 Å². The van der Waals surface area contributed by atoms with Crippen LogP contribution in [0.3, 0.4) is 0 Å². The summed E-state index contributed by atoms with van der Waals surface area (Å²) in [6.45, 7) is 25.8. The highest BCUT2D eigenvalue weighted by Crippen LogP contribution is 2.39. The molecule has 0 aliphatic rings. The SMILES string of the molecule is COc1ccc(CO[C@H](C(C)C)[C@@H](C)[C@@H](O)[C@@H](C)C(=O)[C@@H](C)[C@H](O[Si](C)(C)C(C)(C)C)C(C)C)cc1. The molecule has 0 saturated heterocycles. The second-order valence-electron chi connectivity index (χ2n) is 12.8. The average Bonchev–Trinajstić information content (AvgIpc) is 2.79. The summed E-state index contributed by atoms with van der Waals surface area (Å²) in [5, 5.41) is 11.4. The molecule has 0 aromatic heterocycles. The number of hydrogen-bond acceptors (Lipinski definition) is 5. The van der Waals surface area contributed by atoms with Crippen LogP contribution >= 0.6 is 0 Å². The molecular weight excluding hydrogens is 468 g/mol. The Morgan fingerprint density at radius 1 is 0.889 bits per heavy atom. The zero-order valence-corrected chi connectivity index (χ0v) is 26.2. The molecule has 6 heteroatoms. The summed E-state index contributed by atoms with van der Waals surface area (Å²) in [6, 6.07) is 7.81. The number of ether oxygens (including phenoxy) is 2. The van der Waals surface area contributed by atoms with Crippen LogP contribution in [0.15, 0.2) is 24.3 Å². The van der Waals surface area contributed by atoms with E-state index in [0.29, 0.717) is 6.61 Å². The normalized spacial score (nSPS) is 18.0. The van der Waals surface area contributed by atoms with Crippen molar-refractivity contribution in [1.29, 1.82) is 0 Å². The number of hydrogen-bond donors (Lipinski definition) is 1. The van der Waals surface area contributed by atoms with Gasteiger partial charge in [-0.1, -0.05) is 81.4 Å². The topological polar surface area (TPSA) is 65.0 Å². The van der Waals surface area contributed by atoms with E-state index in [1.165, 1.54) is 0 Å². The molecule has 5 nitrogen and oxygen atoms in total. The number of ketones is 1. The number of benzene rings is 1. The molecule has 0 heterocycles. The van der Waals surface area contributed by atoms with E-state index in [0.717, 1.165) is 11.3 Å². The molecule has 0 radical (unpaired) electrons. The minimum absolute atomic E-state index is 0.0596. The van der Waals surface area contributed by atoms with E-state index in [9.17, 15) is 9.90 Å². The molecule has 0 saturated carbocycles. The zero-order valence-electron chi connectivity index (χ0n) is 25.2. The predicted octanol–water partition coefficient (Wildman–Crippen LogP) is 7.12. The van der Waals surface area contributed by atoms with Crippen molar-refractivity contribution in [1.82, 2.24) is 0 Å². The van der Waals surface area contributed by atoms with E-state index in [1.54, 1.807) is 7.11 Å². The lowest BCUT2D eigenvalue weighted by atomic mass is 9.78. The Kier molecular flexibility index (Phi) is 12.3. The van der Waals surface area contributed by atoms with Gasteiger partial charge in [0.05, 0.1) is 32.0 Å². The Balaban J connectivity index is 2.96. The first-order valence-electron chi connectivity index (χ1n) is 13.6. The van der Waals surface area contributed by atoms with Gasteiger partial charge in [0, 0.05) is 17.8 Å². The van der Waals surface area contributed by atoms with Gasteiger partial charge < -0.3 is 19.0 Å². The Hall–Kier alpha value is -1.21. The average molecular weight is 523 g/mol. The molecule has 0 spiro atoms. The summed E-state index contributed by atoms with van der Waals surface area (Å²) >= 11 is 0. The molecule has 0 aliphatic heterocycles. The smallest absolute Gasteiger partial charge is 0.192 e. The van der Waals surface area contributed by atoms with Crippen molar-refractivity contribution in [2.75, 3.05) is 7.11 Å². The van der Waals surface area contributed by atoms with E-state index in [2.05, 4.69) is 61.6 Å². The lowest BCUT2D eigenvalue weighted by Crippen LogP contribution is -2.50. The molecule has 0 bridgehead atoms. The second-order valence-corrected chi connectivity index (χ2v) is 17.5. The number of aliphatic hydroxyl groups is 1. The van der Waals surface area contributed by atoms with Crippen LogP contribution in [0.4, 0.5) is 0 Å². The van der Waals surface area contributed by atoms with E-state index in [4.69, 9.17) is 13.9 Å². The fourth-order valence-electron chi connectivity index (χ4n) is 4.59. The van der Waals surface area contributed by atoms with Crippen molar-refractivity contribution in [3.63, 3.8) is 0 Å². The van der Waals surface area contributed by atoms with Gasteiger partial charge in [-0.05, 0) is 47.7 Å². The standard InChI is InChI=1S/C30H54O5Si/c1-19(2)28(34-18-24-14-16-25(33-11)17-15-24)22(6)26(31)21(5)27(32)23(7)29(20(3)4)35-36(12,13)30(8,9)10/h14-17,19-23,26,28-29,31H,18H2,1-13H3/t21-,22+,23-,26+,28-,29-/m1/s1. The monoisotopic (exact) mass is 522 g/mol. The first kappa shape index (κ1) is 32.8. The van der Waals surface area contributed by atoms with Crippen LogP contribution in [0.1, 0.15) is 74.8 Å². The van der Waals surface area contributed by atoms with E-state index in [-0.39, 0.29) is 46.7 Å². The van der Waals surface area contributed by atoms with Crippen molar-refractivity contribution in [3.05, 3.63) is 29.8 Å². The maximum Gasteiger partial charge on any atom is 0.192 e. The summed E-state index contributed by atoms with van der Waals surface area (Å²) in [7, 11) is -0.399. The fraction of sp³-hybridized carbons (Fsp3) is 0.767. The van der Waals surface area contributed by atoms with Gasteiger partial charge in [-0.25, -0.2) is 0 Å². The number of rotatable bonds is 14. The molecular formula is C30H54O5Si. The van der Waals surface area contributed by atoms with Gasteiger partial charge in [0.25, 0.3) is 0 Å². The van der Waals surface area contributed by atoms with Crippen LogP contribution in [0.2, 0.25) is 18.1 Å². The highest BCUT2D eigenvalue weighted by molar-refractivity contribution is 6.74. The largest absolute Gasteiger partial charge is 0.497 e. The number of carbonyl (C=O) groups excluding carboxylic acids is 1. The molecule has 0 fully saturated rings. The Morgan fingerprint density at radius 3 is 1.81 bits per heavy atom. The molecule has 36 heavy (non-hydrogen) atoms. The number of carbonyl (C=O) groups is 1. The maximum absolute atomic E-state index is 13.6. The van der Waals surface area contributed by atoms with Crippen molar-refractivity contribution in [2.24, 2.45) is 29.6 Å². The van der Waals surface area contributed by atoms with E-state index >= 15 is 0 Å². The first-order valence-corrected chi connectivity index (χ1v) is 16.5. The maximum atomic E-state index is 13.6. The van der Waals surface area contributed by atoms with Crippen molar-refractivity contribution in [3.8, 4) is 5.75 Å². The molecule has 1 N–H and O–H groups in total. The highest BCUT2D eigenvalue weighted by Gasteiger charge is 2.43. The summed E-state index contributed by atoms with van der Waals surface area (Å²) in [6.07, 6.45) is -1.16. The van der Waals surface area contributed by atoms with E-state index < -0.39 is 20.3 Å². The molecule has 0 aliphatic carbocycles. The lowest BCUT2D eigenvalue weighted by molar-refractivity contribution is -0.137. The fourth-order valence-corrected chi connectivity index (χ4v) is 6.10. The minimum Gasteiger partial charge on any atom is -0.497 e. The third-order valence-electron chi connectivity index (χ3n) is 8.11. The summed E-state index contributed by atoms with van der Waals surface area (Å²) in [5.74, 6) is 0.257. The Labute approximate surface area is 222 Å². The van der Waals surface area contributed by atoms with Gasteiger partial charge in [0.15, 0.2) is 8.32 Å². The van der Waals surface area contributed by atoms with Crippen LogP contribution < -0.4 is 4.74 Å². The van der Waals surface area contributed by atoms with Crippen LogP contribution in [-0.2, 0) is 20.6 Å². The van der Waals surface area contributed by atoms with Gasteiger partial charge in [-0.15, -0.1) is 0 Å². The number of Topliss-reactive ketones (excluding diaryl/α,β-unsaturated/α-hetero) is 1. The number of methoxy groups -OCH3 is 1. The molecule has 1 rings (SSSR count). The molecule has 0 unspecified atom stereocenters. The second kappa shape index (κ2) is 13.5. The van der Waals surface area contributed by atoms with Gasteiger partial charge in [0.2, 0.25) is 0 Å². The van der Waals surface area contributed by atoms with E-state index in [1.807, 2.05) is 45.0 Å². The van der Waals surface area contributed by atoms with Crippen molar-refractivity contribution in [2.45, 2.75) is 112 Å². The van der Waals surface area contributed by atoms with Crippen LogP contribution in [0, 0.1) is 29.6 Å². The van der Waals surface area contributed by atoms with Crippen LogP contribution in [-0.4, -0.2) is 44.6 Å². The minimum atomic E-state index is -2.05. The summed E-state index contributed by atoms with van der Waals surface area (Å²) in [5.41, 5.74) is 1.04. The lowest BCUT2D eigenvalue weighted by Gasteiger charge is -2.42. The zero-order chi connectivity index (χ0) is 28.0. The third kappa shape index (κ3) is 8.68. The molecule has 1 aromatic rings. The molecule has 1 aromatic carbocycles. The van der Waals surface area contributed by atoms with Gasteiger partial charge in [0.1, 0.15) is 11.5 Å². The quantitative estimate of drug-likeness (QED) is 0.264. The first-order chi connectivity index (χ1) is 16.4. The van der Waals surface area contributed by atoms with Gasteiger partial charge in [-0.3, -0.25) is 4.79 Å². The van der Waals surface area contributed by atoms with Gasteiger partial charge >= 0.3 is 0 Å². The summed E-state index contributed by atoms with van der Waals surface area (Å²) in [4.78, 5) is 13.6. The molecule has 0 amide bonds. The Bertz CT molecular complexity index is 797. The third-order valence-corrected chi connectivity index (χ3v) is 12.6. The molecule has 208 valence electrons. The summed E-state index contributed by atoms with van der Waals surface area (Å²) < 4.78 is 18.3. The van der Waals surface area contributed by atoms with Crippen molar-refractivity contribution < 1.29 is 23.8 Å². The number of aliphatic hydroxyl groups excluding tert-OH is 1. The van der Waals surface area contributed by atoms with Crippen molar-refractivity contribution >= 4 is 14.1 Å².